The second-order valence-electron chi connectivity index (χ2n) is 9.03. The van der Waals surface area contributed by atoms with E-state index in [9.17, 15) is 5.11 Å². The van der Waals surface area contributed by atoms with E-state index in [2.05, 4.69) is 52.9 Å². The zero-order valence-corrected chi connectivity index (χ0v) is 16.6. The first-order chi connectivity index (χ1) is 12.0. The molecule has 0 bridgehead atoms. The lowest BCUT2D eigenvalue weighted by Crippen LogP contribution is -2.35. The molecule has 138 valence electrons. The first-order valence-electron chi connectivity index (χ1n) is 9.15. The average Bonchev–Trinajstić information content (AvgIpc) is 2.95. The number of hydrogen-bond donors (Lipinski definition) is 2. The minimum atomic E-state index is -0.0241. The molecule has 3 heteroatoms. The van der Waals surface area contributed by atoms with Crippen LogP contribution in [-0.2, 0) is 12.0 Å². The Morgan fingerprint density at radius 2 is 1.65 bits per heavy atom. The van der Waals surface area contributed by atoms with Crippen molar-refractivity contribution in [2.24, 2.45) is 0 Å². The number of phenols is 1. The van der Waals surface area contributed by atoms with Crippen molar-refractivity contribution in [2.75, 3.05) is 0 Å². The van der Waals surface area contributed by atoms with Crippen LogP contribution in [0.15, 0.2) is 46.9 Å². The number of fused-ring (bicyclic) bond motifs is 1. The third-order valence-electron chi connectivity index (χ3n) is 4.56. The number of phenolic OH excluding ortho intramolecular Hbond substituents is 1. The van der Waals surface area contributed by atoms with Crippen molar-refractivity contribution in [1.82, 2.24) is 5.32 Å². The molecule has 0 unspecified atom stereocenters. The van der Waals surface area contributed by atoms with Crippen molar-refractivity contribution >= 4 is 11.0 Å². The maximum atomic E-state index is 11.0. The Kier molecular flexibility index (Phi) is 4.61. The lowest BCUT2D eigenvalue weighted by Gasteiger charge is -2.24. The van der Waals surface area contributed by atoms with Crippen molar-refractivity contribution in [3.8, 4) is 17.1 Å². The predicted octanol–water partition coefficient (Wildman–Crippen LogP) is 5.99. The van der Waals surface area contributed by atoms with Gasteiger partial charge >= 0.3 is 0 Å². The smallest absolute Gasteiger partial charge is 0.139 e. The molecular weight excluding hydrogens is 322 g/mol. The van der Waals surface area contributed by atoms with Crippen LogP contribution < -0.4 is 5.32 Å². The SMILES string of the molecule is CC(C)(C)NCc1cc(C(C)(C)C)cc(-c2cc3ccccc3o2)c1O. The third-order valence-corrected chi connectivity index (χ3v) is 4.56. The quantitative estimate of drug-likeness (QED) is 0.609. The number of nitrogens with one attached hydrogen (secondary N) is 1. The highest BCUT2D eigenvalue weighted by Crippen LogP contribution is 2.39. The van der Waals surface area contributed by atoms with Gasteiger partial charge in [0.05, 0.1) is 5.56 Å². The molecule has 0 aliphatic carbocycles. The van der Waals surface area contributed by atoms with Crippen LogP contribution in [0.5, 0.6) is 5.75 Å². The summed E-state index contributed by atoms with van der Waals surface area (Å²) in [5.74, 6) is 0.987. The van der Waals surface area contributed by atoms with E-state index in [1.54, 1.807) is 0 Å². The number of rotatable bonds is 3. The van der Waals surface area contributed by atoms with Gasteiger partial charge in [-0.3, -0.25) is 0 Å². The molecule has 1 aromatic heterocycles. The molecule has 2 aromatic carbocycles. The summed E-state index contributed by atoms with van der Waals surface area (Å²) in [6.07, 6.45) is 0. The highest BCUT2D eigenvalue weighted by atomic mass is 16.3. The number of hydrogen-bond acceptors (Lipinski definition) is 3. The molecule has 3 aromatic rings. The minimum Gasteiger partial charge on any atom is -0.507 e. The van der Waals surface area contributed by atoms with E-state index in [0.29, 0.717) is 12.3 Å². The van der Waals surface area contributed by atoms with E-state index >= 15 is 0 Å². The third kappa shape index (κ3) is 3.94. The maximum absolute atomic E-state index is 11.0. The zero-order valence-electron chi connectivity index (χ0n) is 16.6. The van der Waals surface area contributed by atoms with Crippen molar-refractivity contribution in [1.29, 1.82) is 0 Å². The summed E-state index contributed by atoms with van der Waals surface area (Å²) < 4.78 is 6.02. The molecule has 0 aliphatic rings. The fraction of sp³-hybridized carbons (Fsp3) is 0.391. The molecule has 0 aliphatic heterocycles. The number of furan rings is 1. The van der Waals surface area contributed by atoms with E-state index < -0.39 is 0 Å². The molecule has 1 heterocycles. The Labute approximate surface area is 156 Å². The summed E-state index contributed by atoms with van der Waals surface area (Å²) in [5, 5.41) is 15.5. The number of aromatic hydroxyl groups is 1. The van der Waals surface area contributed by atoms with Crippen LogP contribution in [0.2, 0.25) is 0 Å². The molecule has 0 saturated carbocycles. The summed E-state index contributed by atoms with van der Waals surface area (Å²) in [6, 6.07) is 14.1. The Hall–Kier alpha value is -2.26. The molecule has 0 spiro atoms. The molecule has 0 fully saturated rings. The van der Waals surface area contributed by atoms with Gasteiger partial charge in [-0.15, -0.1) is 0 Å². The van der Waals surface area contributed by atoms with Gasteiger partial charge in [0.25, 0.3) is 0 Å². The number of para-hydroxylation sites is 1. The van der Waals surface area contributed by atoms with E-state index in [1.807, 2.05) is 36.4 Å². The minimum absolute atomic E-state index is 0.0229. The zero-order chi connectivity index (χ0) is 19.1. The van der Waals surface area contributed by atoms with Gasteiger partial charge in [-0.2, -0.15) is 0 Å². The van der Waals surface area contributed by atoms with E-state index in [0.717, 1.165) is 22.1 Å². The molecule has 2 N–H and O–H groups in total. The van der Waals surface area contributed by atoms with Crippen LogP contribution in [0.1, 0.15) is 52.7 Å². The standard InChI is InChI=1S/C23H29NO2/c1-22(2,3)17-11-16(14-24-23(4,5)6)21(25)18(13-17)20-12-15-9-7-8-10-19(15)26-20/h7-13,24-25H,14H2,1-6H3. The lowest BCUT2D eigenvalue weighted by molar-refractivity contribution is 0.411. The van der Waals surface area contributed by atoms with Crippen LogP contribution >= 0.6 is 0 Å². The molecule has 0 amide bonds. The topological polar surface area (TPSA) is 45.4 Å². The Morgan fingerprint density at radius 1 is 0.962 bits per heavy atom. The molecule has 26 heavy (non-hydrogen) atoms. The molecule has 0 atom stereocenters. The fourth-order valence-corrected chi connectivity index (χ4v) is 2.93. The second kappa shape index (κ2) is 6.48. The molecule has 0 saturated heterocycles. The second-order valence-corrected chi connectivity index (χ2v) is 9.03. The Morgan fingerprint density at radius 3 is 2.27 bits per heavy atom. The summed E-state index contributed by atoms with van der Waals surface area (Å²) in [7, 11) is 0. The van der Waals surface area contributed by atoms with Crippen molar-refractivity contribution in [2.45, 2.75) is 59.0 Å². The summed E-state index contributed by atoms with van der Waals surface area (Å²) >= 11 is 0. The van der Waals surface area contributed by atoms with Gasteiger partial charge in [-0.05, 0) is 49.9 Å². The molecule has 3 rings (SSSR count). The van der Waals surface area contributed by atoms with Gasteiger partial charge in [-0.1, -0.05) is 45.0 Å². The normalized spacial score (nSPS) is 12.7. The van der Waals surface area contributed by atoms with E-state index in [1.165, 1.54) is 5.56 Å². The summed E-state index contributed by atoms with van der Waals surface area (Å²) in [6.45, 7) is 13.5. The summed E-state index contributed by atoms with van der Waals surface area (Å²) in [5.41, 5.74) is 3.60. The first-order valence-corrected chi connectivity index (χ1v) is 9.15. The predicted molar refractivity (Wildman–Crippen MR) is 109 cm³/mol. The van der Waals surface area contributed by atoms with Crippen LogP contribution in [0.3, 0.4) is 0 Å². The van der Waals surface area contributed by atoms with Crippen molar-refractivity contribution < 1.29 is 9.52 Å². The molecule has 3 nitrogen and oxygen atoms in total. The largest absolute Gasteiger partial charge is 0.507 e. The number of benzene rings is 2. The van der Waals surface area contributed by atoms with Crippen molar-refractivity contribution in [3.05, 3.63) is 53.6 Å². The van der Waals surface area contributed by atoms with E-state index in [-0.39, 0.29) is 16.7 Å². The van der Waals surface area contributed by atoms with Crippen LogP contribution in [0.4, 0.5) is 0 Å². The van der Waals surface area contributed by atoms with Crippen LogP contribution in [-0.4, -0.2) is 10.6 Å². The van der Waals surface area contributed by atoms with Crippen LogP contribution in [0.25, 0.3) is 22.3 Å². The fourth-order valence-electron chi connectivity index (χ4n) is 2.93. The van der Waals surface area contributed by atoms with Gasteiger partial charge in [0.15, 0.2) is 0 Å². The highest BCUT2D eigenvalue weighted by molar-refractivity contribution is 5.84. The van der Waals surface area contributed by atoms with Gasteiger partial charge in [0.2, 0.25) is 0 Å². The van der Waals surface area contributed by atoms with Crippen LogP contribution in [0, 0.1) is 0 Å². The molecular formula is C23H29NO2. The van der Waals surface area contributed by atoms with Gasteiger partial charge in [-0.25, -0.2) is 0 Å². The van der Waals surface area contributed by atoms with Crippen molar-refractivity contribution in [3.63, 3.8) is 0 Å². The Bertz CT molecular complexity index is 891. The molecule has 0 radical (unpaired) electrons. The monoisotopic (exact) mass is 351 g/mol. The first kappa shape index (κ1) is 18.5. The lowest BCUT2D eigenvalue weighted by atomic mass is 9.84. The highest BCUT2D eigenvalue weighted by Gasteiger charge is 2.22. The maximum Gasteiger partial charge on any atom is 0.139 e. The van der Waals surface area contributed by atoms with Gasteiger partial charge < -0.3 is 14.8 Å². The van der Waals surface area contributed by atoms with Gasteiger partial charge in [0.1, 0.15) is 17.1 Å². The van der Waals surface area contributed by atoms with E-state index in [4.69, 9.17) is 4.42 Å². The average molecular weight is 351 g/mol. The summed E-state index contributed by atoms with van der Waals surface area (Å²) in [4.78, 5) is 0. The van der Waals surface area contributed by atoms with Gasteiger partial charge in [0, 0.05) is 23.0 Å². The Balaban J connectivity index is 2.13.